The molecule has 0 radical (unpaired) electrons. The molecule has 2 amide bonds. The molecule has 1 aromatic carbocycles. The molecule has 4 nitrogen and oxygen atoms in total. The van der Waals surface area contributed by atoms with Gasteiger partial charge in [0.25, 0.3) is 0 Å². The van der Waals surface area contributed by atoms with Crippen molar-refractivity contribution in [1.82, 2.24) is 10.2 Å². The summed E-state index contributed by atoms with van der Waals surface area (Å²) in [6.45, 7) is 1.82. The largest absolute Gasteiger partial charge is 0.345 e. The van der Waals surface area contributed by atoms with Crippen molar-refractivity contribution >= 4 is 23.4 Å². The minimum atomic E-state index is -0.887. The second-order valence-electron chi connectivity index (χ2n) is 5.82. The van der Waals surface area contributed by atoms with Gasteiger partial charge in [0, 0.05) is 17.1 Å². The Bertz CT molecular complexity index is 618. The minimum absolute atomic E-state index is 0.0314. The van der Waals surface area contributed by atoms with E-state index < -0.39 is 11.4 Å². The second kappa shape index (κ2) is 4.98. The van der Waals surface area contributed by atoms with Gasteiger partial charge in [-0.05, 0) is 37.8 Å². The third-order valence-corrected chi connectivity index (χ3v) is 4.67. The molecular weight excluding hydrogens is 295 g/mol. The van der Waals surface area contributed by atoms with Crippen molar-refractivity contribution in [1.29, 1.82) is 0 Å². The normalized spacial score (nSPS) is 26.0. The van der Waals surface area contributed by atoms with Gasteiger partial charge in [-0.2, -0.15) is 0 Å². The molecule has 112 valence electrons. The first kappa shape index (κ1) is 14.3. The molecule has 6 heteroatoms. The minimum Gasteiger partial charge on any atom is -0.345 e. The standard InChI is InChI=1S/C15H16ClFN2O2/c1-15(10-3-4-10)14(21)18-7-13(20)19(15)8-9-2-5-11(16)6-12(9)17/h2,5-6,10H,3-4,7-8H2,1H3,(H,18,21). The van der Waals surface area contributed by atoms with Crippen molar-refractivity contribution in [2.24, 2.45) is 5.92 Å². The van der Waals surface area contributed by atoms with Gasteiger partial charge in [-0.15, -0.1) is 0 Å². The molecule has 1 unspecified atom stereocenters. The van der Waals surface area contributed by atoms with Gasteiger partial charge in [0.2, 0.25) is 11.8 Å². The van der Waals surface area contributed by atoms with E-state index in [-0.39, 0.29) is 30.8 Å². The van der Waals surface area contributed by atoms with Crippen molar-refractivity contribution < 1.29 is 14.0 Å². The van der Waals surface area contributed by atoms with Crippen LogP contribution >= 0.6 is 11.6 Å². The van der Waals surface area contributed by atoms with Crippen LogP contribution < -0.4 is 5.32 Å². The van der Waals surface area contributed by atoms with E-state index in [1.807, 2.05) is 0 Å². The van der Waals surface area contributed by atoms with Crippen LogP contribution in [0.25, 0.3) is 0 Å². The van der Waals surface area contributed by atoms with E-state index in [1.54, 1.807) is 19.1 Å². The fourth-order valence-corrected chi connectivity index (χ4v) is 3.09. The number of nitrogens with zero attached hydrogens (tertiary/aromatic N) is 1. The Labute approximate surface area is 127 Å². The highest BCUT2D eigenvalue weighted by Crippen LogP contribution is 2.44. The topological polar surface area (TPSA) is 49.4 Å². The predicted octanol–water partition coefficient (Wildman–Crippen LogP) is 2.11. The van der Waals surface area contributed by atoms with Crippen LogP contribution in [0.3, 0.4) is 0 Å². The van der Waals surface area contributed by atoms with Crippen LogP contribution in [0.5, 0.6) is 0 Å². The average molecular weight is 311 g/mol. The first-order chi connectivity index (χ1) is 9.92. The highest BCUT2D eigenvalue weighted by Gasteiger charge is 2.54. The molecule has 1 aliphatic carbocycles. The molecule has 1 saturated heterocycles. The van der Waals surface area contributed by atoms with E-state index in [9.17, 15) is 14.0 Å². The molecule has 21 heavy (non-hydrogen) atoms. The number of rotatable bonds is 3. The summed E-state index contributed by atoms with van der Waals surface area (Å²) in [5.74, 6) is -0.645. The number of nitrogens with one attached hydrogen (secondary N) is 1. The molecule has 1 heterocycles. The van der Waals surface area contributed by atoms with Gasteiger partial charge in [-0.3, -0.25) is 9.59 Å². The van der Waals surface area contributed by atoms with Crippen LogP contribution in [-0.2, 0) is 16.1 Å². The number of benzene rings is 1. The van der Waals surface area contributed by atoms with E-state index in [1.165, 1.54) is 11.0 Å². The number of halogens is 2. The van der Waals surface area contributed by atoms with Crippen molar-refractivity contribution in [2.45, 2.75) is 31.8 Å². The summed E-state index contributed by atoms with van der Waals surface area (Å²) >= 11 is 5.74. The fourth-order valence-electron chi connectivity index (χ4n) is 2.94. The van der Waals surface area contributed by atoms with Gasteiger partial charge in [-0.25, -0.2) is 4.39 Å². The quantitative estimate of drug-likeness (QED) is 0.929. The lowest BCUT2D eigenvalue weighted by Gasteiger charge is -2.44. The summed E-state index contributed by atoms with van der Waals surface area (Å²) in [5, 5.41) is 2.95. The lowest BCUT2D eigenvalue weighted by molar-refractivity contribution is -0.155. The third-order valence-electron chi connectivity index (χ3n) is 4.44. The first-order valence-corrected chi connectivity index (χ1v) is 7.33. The number of carbonyl (C=O) groups excluding carboxylic acids is 2. The zero-order valence-corrected chi connectivity index (χ0v) is 12.4. The molecular formula is C15H16ClFN2O2. The first-order valence-electron chi connectivity index (χ1n) is 6.95. The van der Waals surface area contributed by atoms with Gasteiger partial charge < -0.3 is 10.2 Å². The molecule has 0 spiro atoms. The Morgan fingerprint density at radius 1 is 1.43 bits per heavy atom. The molecule has 2 aliphatic rings. The van der Waals surface area contributed by atoms with Gasteiger partial charge in [0.15, 0.2) is 0 Å². The lowest BCUT2D eigenvalue weighted by Crippen LogP contribution is -2.66. The highest BCUT2D eigenvalue weighted by molar-refractivity contribution is 6.30. The summed E-state index contributed by atoms with van der Waals surface area (Å²) in [5.41, 5.74) is -0.518. The Kier molecular flexibility index (Phi) is 3.40. The van der Waals surface area contributed by atoms with Gasteiger partial charge >= 0.3 is 0 Å². The van der Waals surface area contributed by atoms with Crippen LogP contribution in [-0.4, -0.2) is 28.8 Å². The maximum atomic E-state index is 14.0. The maximum Gasteiger partial charge on any atom is 0.246 e. The SMILES string of the molecule is CC1(C2CC2)C(=O)NCC(=O)N1Cc1ccc(Cl)cc1F. The van der Waals surface area contributed by atoms with Crippen molar-refractivity contribution in [2.75, 3.05) is 6.54 Å². The Hall–Kier alpha value is -1.62. The molecule has 0 aromatic heterocycles. The molecule has 1 saturated carbocycles. The Morgan fingerprint density at radius 3 is 2.76 bits per heavy atom. The lowest BCUT2D eigenvalue weighted by atomic mass is 9.89. The summed E-state index contributed by atoms with van der Waals surface area (Å²) in [7, 11) is 0. The van der Waals surface area contributed by atoms with Crippen LogP contribution in [0.15, 0.2) is 18.2 Å². The van der Waals surface area contributed by atoms with E-state index >= 15 is 0 Å². The van der Waals surface area contributed by atoms with E-state index in [4.69, 9.17) is 11.6 Å². The van der Waals surface area contributed by atoms with Gasteiger partial charge in [-0.1, -0.05) is 17.7 Å². The third kappa shape index (κ3) is 2.39. The fraction of sp³-hybridized carbons (Fsp3) is 0.467. The molecule has 2 fully saturated rings. The number of carbonyl (C=O) groups is 2. The molecule has 1 aromatic rings. The molecule has 1 aliphatic heterocycles. The number of amides is 2. The maximum absolute atomic E-state index is 14.0. The second-order valence-corrected chi connectivity index (χ2v) is 6.26. The van der Waals surface area contributed by atoms with E-state index in [2.05, 4.69) is 5.32 Å². The van der Waals surface area contributed by atoms with Crippen molar-refractivity contribution in [3.63, 3.8) is 0 Å². The van der Waals surface area contributed by atoms with Gasteiger partial charge in [0.1, 0.15) is 11.4 Å². The zero-order chi connectivity index (χ0) is 15.2. The smallest absolute Gasteiger partial charge is 0.246 e. The van der Waals surface area contributed by atoms with E-state index in [0.717, 1.165) is 12.8 Å². The van der Waals surface area contributed by atoms with Crippen molar-refractivity contribution in [3.05, 3.63) is 34.6 Å². The number of hydrogen-bond acceptors (Lipinski definition) is 2. The highest BCUT2D eigenvalue weighted by atomic mass is 35.5. The Morgan fingerprint density at radius 2 is 2.14 bits per heavy atom. The van der Waals surface area contributed by atoms with Crippen LogP contribution in [0.4, 0.5) is 4.39 Å². The summed E-state index contributed by atoms with van der Waals surface area (Å²) in [4.78, 5) is 26.0. The molecule has 1 N–H and O–H groups in total. The van der Waals surface area contributed by atoms with Crippen LogP contribution in [0.2, 0.25) is 5.02 Å². The molecule has 3 rings (SSSR count). The monoisotopic (exact) mass is 310 g/mol. The number of hydrogen-bond donors (Lipinski definition) is 1. The number of piperazine rings is 1. The molecule has 0 bridgehead atoms. The molecule has 1 atom stereocenters. The van der Waals surface area contributed by atoms with Crippen molar-refractivity contribution in [3.8, 4) is 0 Å². The van der Waals surface area contributed by atoms with Crippen LogP contribution in [0, 0.1) is 11.7 Å². The predicted molar refractivity (Wildman–Crippen MR) is 76.1 cm³/mol. The van der Waals surface area contributed by atoms with E-state index in [0.29, 0.717) is 10.6 Å². The van der Waals surface area contributed by atoms with Gasteiger partial charge in [0.05, 0.1) is 6.54 Å². The van der Waals surface area contributed by atoms with Crippen LogP contribution in [0.1, 0.15) is 25.3 Å². The Balaban J connectivity index is 1.93. The summed E-state index contributed by atoms with van der Waals surface area (Å²) in [6, 6.07) is 4.37. The summed E-state index contributed by atoms with van der Waals surface area (Å²) < 4.78 is 14.0. The average Bonchev–Trinajstić information content (AvgIpc) is 3.26. The zero-order valence-electron chi connectivity index (χ0n) is 11.7. The summed E-state index contributed by atoms with van der Waals surface area (Å²) in [6.07, 6.45) is 1.83.